The van der Waals surface area contributed by atoms with E-state index >= 15 is 0 Å². The normalized spacial score (nSPS) is 10.3. The topological polar surface area (TPSA) is 49.9 Å². The van der Waals surface area contributed by atoms with Crippen LogP contribution in [0.1, 0.15) is 11.4 Å². The summed E-state index contributed by atoms with van der Waals surface area (Å²) in [6, 6.07) is 5.82. The molecule has 0 fully saturated rings. The number of aromatic amines is 1. The number of imidazole rings is 1. The number of rotatable bonds is 4. The average molecular weight is 296 g/mol. The summed E-state index contributed by atoms with van der Waals surface area (Å²) in [5, 5.41) is 3.32. The second-order valence-corrected chi connectivity index (χ2v) is 4.53. The minimum absolute atomic E-state index is 0.682. The minimum atomic E-state index is 0.682. The molecule has 5 heteroatoms. The molecule has 17 heavy (non-hydrogen) atoms. The molecule has 2 rings (SSSR count). The first kappa shape index (κ1) is 12.0. The molecular formula is C12H14BrN3O. The van der Waals surface area contributed by atoms with Crippen LogP contribution in [0.15, 0.2) is 29.0 Å². The third-order valence-corrected chi connectivity index (χ3v) is 3.25. The van der Waals surface area contributed by atoms with Gasteiger partial charge in [-0.1, -0.05) is 0 Å². The fourth-order valence-corrected chi connectivity index (χ4v) is 1.90. The summed E-state index contributed by atoms with van der Waals surface area (Å²) >= 11 is 3.50. The van der Waals surface area contributed by atoms with E-state index < -0.39 is 0 Å². The molecule has 1 heterocycles. The monoisotopic (exact) mass is 295 g/mol. The minimum Gasteiger partial charge on any atom is -0.497 e. The maximum atomic E-state index is 5.19. The second-order valence-electron chi connectivity index (χ2n) is 3.67. The molecule has 0 aliphatic rings. The van der Waals surface area contributed by atoms with E-state index in [1.54, 1.807) is 13.4 Å². The van der Waals surface area contributed by atoms with E-state index in [1.165, 1.54) is 0 Å². The van der Waals surface area contributed by atoms with Crippen LogP contribution in [0.2, 0.25) is 0 Å². The standard InChI is InChI=1S/C12H14BrN3O/c1-8-12(16-7-15-8)6-14-11-5-9(17-2)3-4-10(11)13/h3-5,7,14H,6H2,1-2H3,(H,15,16). The largest absolute Gasteiger partial charge is 0.497 e. The Morgan fingerprint density at radius 1 is 1.47 bits per heavy atom. The van der Waals surface area contributed by atoms with Crippen molar-refractivity contribution in [3.8, 4) is 5.75 Å². The maximum absolute atomic E-state index is 5.19. The molecule has 0 saturated heterocycles. The maximum Gasteiger partial charge on any atom is 0.121 e. The molecule has 4 nitrogen and oxygen atoms in total. The van der Waals surface area contributed by atoms with E-state index in [4.69, 9.17) is 4.74 Å². The Hall–Kier alpha value is -1.49. The van der Waals surface area contributed by atoms with Crippen molar-refractivity contribution < 1.29 is 4.74 Å². The van der Waals surface area contributed by atoms with Gasteiger partial charge in [-0.3, -0.25) is 0 Å². The van der Waals surface area contributed by atoms with Gasteiger partial charge in [-0.05, 0) is 35.0 Å². The number of hydrogen-bond donors (Lipinski definition) is 2. The second kappa shape index (κ2) is 5.23. The number of aryl methyl sites for hydroxylation is 1. The fourth-order valence-electron chi connectivity index (χ4n) is 1.51. The molecule has 90 valence electrons. The molecule has 0 saturated carbocycles. The van der Waals surface area contributed by atoms with Crippen molar-refractivity contribution in [2.45, 2.75) is 13.5 Å². The zero-order chi connectivity index (χ0) is 12.3. The Morgan fingerprint density at radius 3 is 2.94 bits per heavy atom. The van der Waals surface area contributed by atoms with Crippen molar-refractivity contribution in [2.24, 2.45) is 0 Å². The third-order valence-electron chi connectivity index (χ3n) is 2.55. The highest BCUT2D eigenvalue weighted by Gasteiger charge is 2.04. The van der Waals surface area contributed by atoms with Crippen LogP contribution >= 0.6 is 15.9 Å². The summed E-state index contributed by atoms with van der Waals surface area (Å²) in [4.78, 5) is 7.29. The van der Waals surface area contributed by atoms with E-state index in [0.717, 1.165) is 27.3 Å². The number of methoxy groups -OCH3 is 1. The lowest BCUT2D eigenvalue weighted by Gasteiger charge is -2.09. The van der Waals surface area contributed by atoms with Gasteiger partial charge in [0.1, 0.15) is 5.75 Å². The van der Waals surface area contributed by atoms with E-state index in [9.17, 15) is 0 Å². The molecule has 2 aromatic rings. The van der Waals surface area contributed by atoms with Crippen molar-refractivity contribution in [2.75, 3.05) is 12.4 Å². The van der Waals surface area contributed by atoms with Crippen LogP contribution in [0.5, 0.6) is 5.75 Å². The average Bonchev–Trinajstić information content (AvgIpc) is 2.74. The molecule has 0 unspecified atom stereocenters. The van der Waals surface area contributed by atoms with Crippen LogP contribution < -0.4 is 10.1 Å². The van der Waals surface area contributed by atoms with Crippen LogP contribution in [0.3, 0.4) is 0 Å². The van der Waals surface area contributed by atoms with E-state index in [2.05, 4.69) is 31.2 Å². The third kappa shape index (κ3) is 2.79. The summed E-state index contributed by atoms with van der Waals surface area (Å²) in [5.41, 5.74) is 3.09. The van der Waals surface area contributed by atoms with Gasteiger partial charge in [-0.25, -0.2) is 4.98 Å². The SMILES string of the molecule is COc1ccc(Br)c(NCc2nc[nH]c2C)c1. The van der Waals surface area contributed by atoms with Gasteiger partial charge in [-0.2, -0.15) is 0 Å². The molecular weight excluding hydrogens is 282 g/mol. The zero-order valence-electron chi connectivity index (χ0n) is 9.75. The summed E-state index contributed by atoms with van der Waals surface area (Å²) in [6.07, 6.45) is 1.70. The van der Waals surface area contributed by atoms with Crippen molar-refractivity contribution in [3.63, 3.8) is 0 Å². The zero-order valence-corrected chi connectivity index (χ0v) is 11.3. The fraction of sp³-hybridized carbons (Fsp3) is 0.250. The highest BCUT2D eigenvalue weighted by atomic mass is 79.9. The molecule has 0 radical (unpaired) electrons. The Labute approximate surface area is 109 Å². The van der Waals surface area contributed by atoms with Gasteiger partial charge in [0.05, 0.1) is 31.4 Å². The van der Waals surface area contributed by atoms with E-state index in [0.29, 0.717) is 6.54 Å². The van der Waals surface area contributed by atoms with E-state index in [-0.39, 0.29) is 0 Å². The molecule has 0 bridgehead atoms. The van der Waals surface area contributed by atoms with Crippen LogP contribution in [0, 0.1) is 6.92 Å². The van der Waals surface area contributed by atoms with Crippen molar-refractivity contribution in [1.82, 2.24) is 9.97 Å². The Kier molecular flexibility index (Phi) is 3.68. The lowest BCUT2D eigenvalue weighted by atomic mass is 10.3. The molecule has 0 atom stereocenters. The number of benzene rings is 1. The summed E-state index contributed by atoms with van der Waals surface area (Å²) in [6.45, 7) is 2.69. The number of anilines is 1. The molecule has 2 N–H and O–H groups in total. The number of ether oxygens (including phenoxy) is 1. The van der Waals surface area contributed by atoms with Gasteiger partial charge in [-0.15, -0.1) is 0 Å². The predicted molar refractivity (Wildman–Crippen MR) is 71.3 cm³/mol. The van der Waals surface area contributed by atoms with Crippen LogP contribution in [0.25, 0.3) is 0 Å². The number of H-pyrrole nitrogens is 1. The van der Waals surface area contributed by atoms with Crippen LogP contribution in [-0.4, -0.2) is 17.1 Å². The number of nitrogens with one attached hydrogen (secondary N) is 2. The highest BCUT2D eigenvalue weighted by Crippen LogP contribution is 2.27. The molecule has 1 aromatic carbocycles. The molecule has 1 aromatic heterocycles. The Morgan fingerprint density at radius 2 is 2.29 bits per heavy atom. The predicted octanol–water partition coefficient (Wildman–Crippen LogP) is 3.10. The van der Waals surface area contributed by atoms with Crippen molar-refractivity contribution >= 4 is 21.6 Å². The summed E-state index contributed by atoms with van der Waals surface area (Å²) in [5.74, 6) is 0.828. The lowest BCUT2D eigenvalue weighted by Crippen LogP contribution is -2.02. The highest BCUT2D eigenvalue weighted by molar-refractivity contribution is 9.10. The first-order valence-electron chi connectivity index (χ1n) is 5.27. The van der Waals surface area contributed by atoms with E-state index in [1.807, 2.05) is 25.1 Å². The van der Waals surface area contributed by atoms with Gasteiger partial charge in [0, 0.05) is 16.2 Å². The molecule has 0 amide bonds. The summed E-state index contributed by atoms with van der Waals surface area (Å²) < 4.78 is 6.19. The van der Waals surface area contributed by atoms with Gasteiger partial charge in [0.2, 0.25) is 0 Å². The molecule has 0 aliphatic carbocycles. The molecule has 0 spiro atoms. The number of aromatic nitrogens is 2. The van der Waals surface area contributed by atoms with Crippen LogP contribution in [0.4, 0.5) is 5.69 Å². The first-order valence-corrected chi connectivity index (χ1v) is 6.06. The first-order chi connectivity index (χ1) is 8.20. The van der Waals surface area contributed by atoms with Crippen LogP contribution in [-0.2, 0) is 6.54 Å². The van der Waals surface area contributed by atoms with Gasteiger partial charge in [0.15, 0.2) is 0 Å². The summed E-state index contributed by atoms with van der Waals surface area (Å²) in [7, 11) is 1.66. The number of hydrogen-bond acceptors (Lipinski definition) is 3. The Balaban J connectivity index is 2.11. The quantitative estimate of drug-likeness (QED) is 0.911. The van der Waals surface area contributed by atoms with Crippen molar-refractivity contribution in [3.05, 3.63) is 40.4 Å². The Bertz CT molecular complexity index is 510. The van der Waals surface area contributed by atoms with Gasteiger partial charge < -0.3 is 15.0 Å². The lowest BCUT2D eigenvalue weighted by molar-refractivity contribution is 0.415. The van der Waals surface area contributed by atoms with Crippen molar-refractivity contribution in [1.29, 1.82) is 0 Å². The number of halogens is 1. The van der Waals surface area contributed by atoms with Gasteiger partial charge in [0.25, 0.3) is 0 Å². The molecule has 0 aliphatic heterocycles. The van der Waals surface area contributed by atoms with Gasteiger partial charge >= 0.3 is 0 Å². The smallest absolute Gasteiger partial charge is 0.121 e. The number of nitrogens with zero attached hydrogens (tertiary/aromatic N) is 1.